The highest BCUT2D eigenvalue weighted by atomic mass is 32.2. The minimum atomic E-state index is -0.518. The number of carbonyl (C=O) groups excluding carboxylic acids is 2. The van der Waals surface area contributed by atoms with E-state index in [1.165, 1.54) is 0 Å². The number of aromatic amines is 1. The molecule has 0 unspecified atom stereocenters. The predicted molar refractivity (Wildman–Crippen MR) is 112 cm³/mol. The zero-order chi connectivity index (χ0) is 20.9. The molecule has 0 bridgehead atoms. The van der Waals surface area contributed by atoms with Crippen molar-refractivity contribution in [1.29, 1.82) is 0 Å². The lowest BCUT2D eigenvalue weighted by molar-refractivity contribution is -0.113. The van der Waals surface area contributed by atoms with Gasteiger partial charge in [-0.1, -0.05) is 23.9 Å². The number of imidazole rings is 1. The molecule has 0 saturated heterocycles. The molecule has 4 N–H and O–H groups in total. The Bertz CT molecular complexity index is 1150. The van der Waals surface area contributed by atoms with Crippen LogP contribution >= 0.6 is 11.8 Å². The summed E-state index contributed by atoms with van der Waals surface area (Å²) in [7, 11) is 0. The minimum Gasteiger partial charge on any atom is -0.416 e. The number of hydrogen-bond acceptors (Lipinski definition) is 7. The molecule has 10 heteroatoms. The van der Waals surface area contributed by atoms with Crippen molar-refractivity contribution in [1.82, 2.24) is 20.2 Å². The van der Waals surface area contributed by atoms with Crippen LogP contribution in [-0.2, 0) is 17.6 Å². The molecule has 2 aromatic heterocycles. The van der Waals surface area contributed by atoms with Crippen molar-refractivity contribution in [2.24, 2.45) is 5.73 Å². The summed E-state index contributed by atoms with van der Waals surface area (Å²) in [6.07, 6.45) is 1.19. The Morgan fingerprint density at radius 2 is 1.87 bits per heavy atom. The van der Waals surface area contributed by atoms with Gasteiger partial charge in [-0.3, -0.25) is 9.59 Å². The summed E-state index contributed by atoms with van der Waals surface area (Å²) in [6, 6.07) is 14.2. The summed E-state index contributed by atoms with van der Waals surface area (Å²) in [5.74, 6) is 0.707. The lowest BCUT2D eigenvalue weighted by Crippen LogP contribution is -2.15. The quantitative estimate of drug-likeness (QED) is 0.371. The number of nitrogens with two attached hydrogens (primary N) is 1. The van der Waals surface area contributed by atoms with Gasteiger partial charge in [-0.15, -0.1) is 10.2 Å². The van der Waals surface area contributed by atoms with Gasteiger partial charge in [-0.05, 0) is 36.4 Å². The van der Waals surface area contributed by atoms with Crippen molar-refractivity contribution in [3.63, 3.8) is 0 Å². The molecule has 0 fully saturated rings. The van der Waals surface area contributed by atoms with E-state index in [-0.39, 0.29) is 11.7 Å². The van der Waals surface area contributed by atoms with Crippen LogP contribution in [-0.4, -0.2) is 37.7 Å². The first-order valence-electron chi connectivity index (χ1n) is 9.15. The molecule has 0 aliphatic heterocycles. The van der Waals surface area contributed by atoms with Gasteiger partial charge in [-0.25, -0.2) is 4.98 Å². The third-order valence-electron chi connectivity index (χ3n) is 4.24. The molecule has 0 atom stereocenters. The Morgan fingerprint density at radius 1 is 1.07 bits per heavy atom. The topological polar surface area (TPSA) is 140 Å². The standard InChI is InChI=1S/C20H18N6O3S/c21-19(28)12-5-7-13(8-6-12)22-17(27)11-30-20-26-25-18(29-20)10-9-16-23-14-3-1-2-4-15(14)24-16/h1-8H,9-11H2,(H2,21,28)(H,22,27)(H,23,24). The van der Waals surface area contributed by atoms with Crippen molar-refractivity contribution in [2.75, 3.05) is 11.1 Å². The number of carbonyl (C=O) groups is 2. The van der Waals surface area contributed by atoms with E-state index < -0.39 is 5.91 Å². The Labute approximate surface area is 175 Å². The van der Waals surface area contributed by atoms with E-state index in [9.17, 15) is 9.59 Å². The van der Waals surface area contributed by atoms with Crippen LogP contribution in [0.1, 0.15) is 22.1 Å². The van der Waals surface area contributed by atoms with Crippen LogP contribution in [0.15, 0.2) is 58.2 Å². The number of para-hydroxylation sites is 2. The molecule has 2 heterocycles. The van der Waals surface area contributed by atoms with E-state index in [1.54, 1.807) is 24.3 Å². The van der Waals surface area contributed by atoms with Crippen molar-refractivity contribution in [3.05, 3.63) is 65.8 Å². The summed E-state index contributed by atoms with van der Waals surface area (Å²) in [6.45, 7) is 0. The number of nitrogens with one attached hydrogen (secondary N) is 2. The molecule has 152 valence electrons. The first kappa shape index (κ1) is 19.6. The van der Waals surface area contributed by atoms with E-state index >= 15 is 0 Å². The van der Waals surface area contributed by atoms with Crippen molar-refractivity contribution < 1.29 is 14.0 Å². The number of H-pyrrole nitrogens is 1. The maximum atomic E-state index is 12.1. The van der Waals surface area contributed by atoms with Gasteiger partial charge in [0.15, 0.2) is 0 Å². The van der Waals surface area contributed by atoms with E-state index in [0.29, 0.717) is 35.2 Å². The van der Waals surface area contributed by atoms with Crippen molar-refractivity contribution in [2.45, 2.75) is 18.1 Å². The van der Waals surface area contributed by atoms with Gasteiger partial charge in [0.25, 0.3) is 5.22 Å². The molecule has 0 radical (unpaired) electrons. The van der Waals surface area contributed by atoms with Crippen LogP contribution in [0.5, 0.6) is 0 Å². The second kappa shape index (κ2) is 8.78. The number of primary amides is 1. The zero-order valence-electron chi connectivity index (χ0n) is 15.8. The number of rotatable bonds is 8. The van der Waals surface area contributed by atoms with Gasteiger partial charge in [-0.2, -0.15) is 0 Å². The first-order chi connectivity index (χ1) is 14.6. The fourth-order valence-electron chi connectivity index (χ4n) is 2.79. The number of aromatic nitrogens is 4. The second-order valence-corrected chi connectivity index (χ2v) is 7.37. The largest absolute Gasteiger partial charge is 0.416 e. The number of nitrogens with zero attached hydrogens (tertiary/aromatic N) is 3. The van der Waals surface area contributed by atoms with Crippen LogP contribution < -0.4 is 11.1 Å². The molecule has 0 aliphatic rings. The lowest BCUT2D eigenvalue weighted by atomic mass is 10.2. The molecule has 30 heavy (non-hydrogen) atoms. The number of aryl methyl sites for hydroxylation is 2. The van der Waals surface area contributed by atoms with Crippen LogP contribution in [0.4, 0.5) is 5.69 Å². The van der Waals surface area contributed by atoms with Gasteiger partial charge in [0.2, 0.25) is 17.7 Å². The third-order valence-corrected chi connectivity index (χ3v) is 5.06. The molecule has 4 aromatic rings. The van der Waals surface area contributed by atoms with Crippen molar-refractivity contribution >= 4 is 40.3 Å². The summed E-state index contributed by atoms with van der Waals surface area (Å²) in [5.41, 5.74) is 8.05. The van der Waals surface area contributed by atoms with Gasteiger partial charge in [0.05, 0.1) is 16.8 Å². The van der Waals surface area contributed by atoms with Crippen LogP contribution in [0.3, 0.4) is 0 Å². The Hall–Kier alpha value is -3.66. The number of amides is 2. The van der Waals surface area contributed by atoms with E-state index in [0.717, 1.165) is 28.6 Å². The number of benzene rings is 2. The minimum absolute atomic E-state index is 0.114. The smallest absolute Gasteiger partial charge is 0.277 e. The molecular formula is C20H18N6O3S. The van der Waals surface area contributed by atoms with Gasteiger partial charge >= 0.3 is 0 Å². The molecule has 0 saturated carbocycles. The van der Waals surface area contributed by atoms with E-state index in [4.69, 9.17) is 10.2 Å². The monoisotopic (exact) mass is 422 g/mol. The Kier molecular flexibility index (Phi) is 5.75. The van der Waals surface area contributed by atoms with Crippen molar-refractivity contribution in [3.8, 4) is 0 Å². The van der Waals surface area contributed by atoms with Crippen LogP contribution in [0.2, 0.25) is 0 Å². The molecule has 2 aromatic carbocycles. The fourth-order valence-corrected chi connectivity index (χ4v) is 3.37. The summed E-state index contributed by atoms with van der Waals surface area (Å²) >= 11 is 1.15. The Balaban J connectivity index is 1.25. The SMILES string of the molecule is NC(=O)c1ccc(NC(=O)CSc2nnc(CCc3nc4ccccc4[nH]3)o2)cc1. The molecular weight excluding hydrogens is 404 g/mol. The lowest BCUT2D eigenvalue weighted by Gasteiger charge is -2.04. The molecule has 4 rings (SSSR count). The molecule has 0 aliphatic carbocycles. The van der Waals surface area contributed by atoms with Crippen LogP contribution in [0.25, 0.3) is 11.0 Å². The number of fused-ring (bicyclic) bond motifs is 1. The summed E-state index contributed by atoms with van der Waals surface area (Å²) < 4.78 is 5.59. The summed E-state index contributed by atoms with van der Waals surface area (Å²) in [5, 5.41) is 11.0. The fraction of sp³-hybridized carbons (Fsp3) is 0.150. The highest BCUT2D eigenvalue weighted by Gasteiger charge is 2.11. The number of anilines is 1. The highest BCUT2D eigenvalue weighted by Crippen LogP contribution is 2.18. The van der Waals surface area contributed by atoms with Crippen LogP contribution in [0, 0.1) is 0 Å². The van der Waals surface area contributed by atoms with Gasteiger partial charge in [0, 0.05) is 24.1 Å². The van der Waals surface area contributed by atoms with Gasteiger partial charge < -0.3 is 20.5 Å². The first-order valence-corrected chi connectivity index (χ1v) is 10.1. The number of thioether (sulfide) groups is 1. The maximum absolute atomic E-state index is 12.1. The predicted octanol–water partition coefficient (Wildman–Crippen LogP) is 2.56. The summed E-state index contributed by atoms with van der Waals surface area (Å²) in [4.78, 5) is 30.9. The van der Waals surface area contributed by atoms with E-state index in [1.807, 2.05) is 24.3 Å². The normalized spacial score (nSPS) is 10.9. The molecule has 0 spiro atoms. The average molecular weight is 422 g/mol. The third kappa shape index (κ3) is 4.84. The molecule has 9 nitrogen and oxygen atoms in total. The number of hydrogen-bond donors (Lipinski definition) is 3. The zero-order valence-corrected chi connectivity index (χ0v) is 16.6. The van der Waals surface area contributed by atoms with E-state index in [2.05, 4.69) is 25.5 Å². The Morgan fingerprint density at radius 3 is 2.63 bits per heavy atom. The molecule has 2 amide bonds. The van der Waals surface area contributed by atoms with Gasteiger partial charge in [0.1, 0.15) is 5.82 Å². The average Bonchev–Trinajstić information content (AvgIpc) is 3.37. The second-order valence-electron chi connectivity index (χ2n) is 6.44. The maximum Gasteiger partial charge on any atom is 0.277 e. The highest BCUT2D eigenvalue weighted by molar-refractivity contribution is 7.99.